The van der Waals surface area contributed by atoms with Crippen molar-refractivity contribution in [1.82, 2.24) is 10.3 Å². The van der Waals surface area contributed by atoms with Crippen molar-refractivity contribution in [1.29, 1.82) is 0 Å². The van der Waals surface area contributed by atoms with Crippen LogP contribution < -0.4 is 5.32 Å². The van der Waals surface area contributed by atoms with E-state index in [1.165, 1.54) is 43.3 Å². The third kappa shape index (κ3) is 2.04. The van der Waals surface area contributed by atoms with Crippen molar-refractivity contribution in [3.63, 3.8) is 0 Å². The van der Waals surface area contributed by atoms with Gasteiger partial charge in [0.2, 0.25) is 0 Å². The minimum Gasteiger partial charge on any atom is -0.311 e. The van der Waals surface area contributed by atoms with Crippen molar-refractivity contribution < 1.29 is 0 Å². The van der Waals surface area contributed by atoms with E-state index < -0.39 is 0 Å². The molecule has 1 saturated heterocycles. The Balaban J connectivity index is 1.66. The predicted octanol–water partition coefficient (Wildman–Crippen LogP) is 3.31. The van der Waals surface area contributed by atoms with Crippen molar-refractivity contribution in [2.45, 2.75) is 37.6 Å². The molecule has 1 aliphatic carbocycles. The van der Waals surface area contributed by atoms with E-state index >= 15 is 0 Å². The molecule has 2 heteroatoms. The lowest BCUT2D eigenvalue weighted by molar-refractivity contribution is 0.321. The number of hydrogen-bond donors (Lipinski definition) is 1. The summed E-state index contributed by atoms with van der Waals surface area (Å²) in [4.78, 5) is 4.85. The second kappa shape index (κ2) is 4.31. The number of nitrogens with zero attached hydrogens (tertiary/aromatic N) is 1. The van der Waals surface area contributed by atoms with E-state index in [-0.39, 0.29) is 0 Å². The van der Waals surface area contributed by atoms with Gasteiger partial charge < -0.3 is 5.32 Å². The first kappa shape index (κ1) is 11.4. The number of pyridine rings is 1. The molecule has 2 heterocycles. The van der Waals surface area contributed by atoms with Gasteiger partial charge in [-0.15, -0.1) is 0 Å². The Morgan fingerprint density at radius 2 is 2.05 bits per heavy atom. The average molecular weight is 252 g/mol. The second-order valence-corrected chi connectivity index (χ2v) is 6.13. The zero-order valence-corrected chi connectivity index (χ0v) is 11.2. The molecular weight excluding hydrogens is 232 g/mol. The van der Waals surface area contributed by atoms with E-state index in [1.807, 2.05) is 0 Å². The lowest BCUT2D eigenvalue weighted by Crippen LogP contribution is -2.44. The monoisotopic (exact) mass is 252 g/mol. The van der Waals surface area contributed by atoms with Crippen LogP contribution in [-0.2, 0) is 6.42 Å². The maximum Gasteiger partial charge on any atom is 0.0705 e. The SMILES string of the molecule is c1ccc2nc(CC3(C4CC4)CCCN3)ccc2c1. The van der Waals surface area contributed by atoms with Crippen LogP contribution in [0.5, 0.6) is 0 Å². The molecule has 2 aliphatic rings. The Bertz CT molecular complexity index is 595. The zero-order valence-electron chi connectivity index (χ0n) is 11.2. The number of aromatic nitrogens is 1. The van der Waals surface area contributed by atoms with Crippen LogP contribution in [-0.4, -0.2) is 17.1 Å². The van der Waals surface area contributed by atoms with Crippen LogP contribution in [0.4, 0.5) is 0 Å². The molecule has 2 nitrogen and oxygen atoms in total. The molecule has 1 unspecified atom stereocenters. The Kier molecular flexibility index (Phi) is 2.59. The fraction of sp³-hybridized carbons (Fsp3) is 0.471. The van der Waals surface area contributed by atoms with Crippen LogP contribution in [0, 0.1) is 5.92 Å². The molecule has 0 spiro atoms. The van der Waals surface area contributed by atoms with Gasteiger partial charge in [-0.1, -0.05) is 24.3 Å². The summed E-state index contributed by atoms with van der Waals surface area (Å²) in [6.45, 7) is 1.18. The molecule has 2 fully saturated rings. The first-order chi connectivity index (χ1) is 9.36. The van der Waals surface area contributed by atoms with E-state index in [1.54, 1.807) is 0 Å². The van der Waals surface area contributed by atoms with Gasteiger partial charge in [0.15, 0.2) is 0 Å². The van der Waals surface area contributed by atoms with Crippen LogP contribution >= 0.6 is 0 Å². The summed E-state index contributed by atoms with van der Waals surface area (Å²) in [5.74, 6) is 0.892. The largest absolute Gasteiger partial charge is 0.311 e. The van der Waals surface area contributed by atoms with Crippen molar-refractivity contribution >= 4 is 10.9 Å². The molecular formula is C17H20N2. The van der Waals surface area contributed by atoms with Gasteiger partial charge in [-0.25, -0.2) is 0 Å². The van der Waals surface area contributed by atoms with Gasteiger partial charge in [0.25, 0.3) is 0 Å². The number of fused-ring (bicyclic) bond motifs is 1. The van der Waals surface area contributed by atoms with Crippen molar-refractivity contribution in [3.8, 4) is 0 Å². The molecule has 1 aromatic carbocycles. The Labute approximate surface area is 114 Å². The number of rotatable bonds is 3. The third-order valence-electron chi connectivity index (χ3n) is 4.79. The summed E-state index contributed by atoms with van der Waals surface area (Å²) in [6.07, 6.45) is 6.56. The smallest absolute Gasteiger partial charge is 0.0705 e. The summed E-state index contributed by atoms with van der Waals surface area (Å²) in [5.41, 5.74) is 2.74. The quantitative estimate of drug-likeness (QED) is 0.906. The standard InChI is InChI=1S/C17H20N2/c1-2-5-16-13(4-1)6-9-15(19-16)12-17(14-7-8-14)10-3-11-18-17/h1-2,4-6,9,14,18H,3,7-8,10-12H2. The first-order valence-corrected chi connectivity index (χ1v) is 7.45. The fourth-order valence-corrected chi connectivity index (χ4v) is 3.64. The van der Waals surface area contributed by atoms with Crippen LogP contribution in [0.1, 0.15) is 31.4 Å². The van der Waals surface area contributed by atoms with Gasteiger partial charge in [-0.2, -0.15) is 0 Å². The molecule has 0 amide bonds. The van der Waals surface area contributed by atoms with Crippen LogP contribution in [0.2, 0.25) is 0 Å². The van der Waals surface area contributed by atoms with Crippen LogP contribution in [0.3, 0.4) is 0 Å². The molecule has 1 aliphatic heterocycles. The molecule has 1 atom stereocenters. The van der Waals surface area contributed by atoms with Crippen molar-refractivity contribution in [2.24, 2.45) is 5.92 Å². The minimum atomic E-state index is 0.357. The van der Waals surface area contributed by atoms with Gasteiger partial charge in [0.05, 0.1) is 5.52 Å². The Morgan fingerprint density at radius 1 is 1.16 bits per heavy atom. The number of nitrogens with one attached hydrogen (secondary N) is 1. The van der Waals surface area contributed by atoms with Gasteiger partial charge in [-0.3, -0.25) is 4.98 Å². The number of para-hydroxylation sites is 1. The number of hydrogen-bond acceptors (Lipinski definition) is 2. The first-order valence-electron chi connectivity index (χ1n) is 7.45. The third-order valence-corrected chi connectivity index (χ3v) is 4.79. The molecule has 4 rings (SSSR count). The zero-order chi connectivity index (χ0) is 12.7. The molecule has 19 heavy (non-hydrogen) atoms. The highest BCUT2D eigenvalue weighted by molar-refractivity contribution is 5.78. The minimum absolute atomic E-state index is 0.357. The average Bonchev–Trinajstić information content (AvgIpc) is 3.21. The topological polar surface area (TPSA) is 24.9 Å². The van der Waals surface area contributed by atoms with Crippen molar-refractivity contribution in [2.75, 3.05) is 6.54 Å². The molecule has 1 N–H and O–H groups in total. The number of benzene rings is 1. The maximum atomic E-state index is 4.85. The van der Waals surface area contributed by atoms with E-state index in [9.17, 15) is 0 Å². The van der Waals surface area contributed by atoms with Crippen LogP contribution in [0.25, 0.3) is 10.9 Å². The second-order valence-electron chi connectivity index (χ2n) is 6.13. The molecule has 1 saturated carbocycles. The molecule has 0 bridgehead atoms. The summed E-state index contributed by atoms with van der Waals surface area (Å²) in [5, 5.41) is 5.03. The Morgan fingerprint density at radius 3 is 2.84 bits per heavy atom. The van der Waals surface area contributed by atoms with E-state index in [0.717, 1.165) is 17.9 Å². The lowest BCUT2D eigenvalue weighted by Gasteiger charge is -2.29. The highest BCUT2D eigenvalue weighted by atomic mass is 15.0. The summed E-state index contributed by atoms with van der Waals surface area (Å²) in [6, 6.07) is 12.8. The van der Waals surface area contributed by atoms with E-state index in [4.69, 9.17) is 4.98 Å². The fourth-order valence-electron chi connectivity index (χ4n) is 3.64. The normalized spacial score (nSPS) is 26.9. The predicted molar refractivity (Wildman–Crippen MR) is 78.1 cm³/mol. The van der Waals surface area contributed by atoms with Gasteiger partial charge >= 0.3 is 0 Å². The van der Waals surface area contributed by atoms with Crippen LogP contribution in [0.15, 0.2) is 36.4 Å². The van der Waals surface area contributed by atoms with Gasteiger partial charge in [0, 0.05) is 23.0 Å². The van der Waals surface area contributed by atoms with E-state index in [2.05, 4.69) is 41.7 Å². The highest BCUT2D eigenvalue weighted by Crippen LogP contribution is 2.45. The molecule has 98 valence electrons. The van der Waals surface area contributed by atoms with E-state index in [0.29, 0.717) is 5.54 Å². The van der Waals surface area contributed by atoms with Gasteiger partial charge in [-0.05, 0) is 50.3 Å². The summed E-state index contributed by atoms with van der Waals surface area (Å²) in [7, 11) is 0. The summed E-state index contributed by atoms with van der Waals surface area (Å²) < 4.78 is 0. The molecule has 0 radical (unpaired) electrons. The molecule has 2 aromatic rings. The molecule has 1 aromatic heterocycles. The van der Waals surface area contributed by atoms with Gasteiger partial charge in [0.1, 0.15) is 0 Å². The Hall–Kier alpha value is -1.41. The van der Waals surface area contributed by atoms with Crippen molar-refractivity contribution in [3.05, 3.63) is 42.1 Å². The maximum absolute atomic E-state index is 4.85. The lowest BCUT2D eigenvalue weighted by atomic mass is 9.86. The highest BCUT2D eigenvalue weighted by Gasteiger charge is 2.46. The summed E-state index contributed by atoms with van der Waals surface area (Å²) >= 11 is 0.